The molecule has 7 N–H and O–H groups in total. The summed E-state index contributed by atoms with van der Waals surface area (Å²) < 4.78 is 5.26. The lowest BCUT2D eigenvalue weighted by Crippen LogP contribution is -2.18. The fourth-order valence-corrected chi connectivity index (χ4v) is 2.96. The lowest BCUT2D eigenvalue weighted by molar-refractivity contribution is 0.0999. The van der Waals surface area contributed by atoms with E-state index in [1.807, 2.05) is 0 Å². The van der Waals surface area contributed by atoms with Gasteiger partial charge in [-0.05, 0) is 6.42 Å². The van der Waals surface area contributed by atoms with Crippen LogP contribution in [0, 0.1) is 5.92 Å². The number of carbonyl (C=O) groups excluding carboxylic acids is 2. The van der Waals surface area contributed by atoms with E-state index in [0.717, 1.165) is 24.4 Å². The third kappa shape index (κ3) is 2.79. The number of hydrogen-bond donors (Lipinski definition) is 4. The first kappa shape index (κ1) is 13.6. The molecule has 2 rings (SSSR count). The second kappa shape index (κ2) is 5.45. The van der Waals surface area contributed by atoms with E-state index in [-0.39, 0.29) is 16.1 Å². The van der Waals surface area contributed by atoms with Crippen molar-refractivity contribution >= 4 is 33.8 Å². The molecule has 2 amide bonds. The largest absolute Gasteiger partial charge is 0.397 e. The lowest BCUT2D eigenvalue weighted by Gasteiger charge is -2.10. The smallest absolute Gasteiger partial charge is 0.260 e. The van der Waals surface area contributed by atoms with Gasteiger partial charge in [0.2, 0.25) is 0 Å². The molecule has 1 saturated heterocycles. The Balaban J connectivity index is 2.20. The van der Waals surface area contributed by atoms with Crippen LogP contribution in [0.3, 0.4) is 0 Å². The summed E-state index contributed by atoms with van der Waals surface area (Å²) in [7, 11) is 0. The van der Waals surface area contributed by atoms with Gasteiger partial charge in [-0.2, -0.15) is 0 Å². The van der Waals surface area contributed by atoms with Crippen LogP contribution >= 0.6 is 11.3 Å². The van der Waals surface area contributed by atoms with Crippen molar-refractivity contribution in [1.29, 1.82) is 0 Å². The number of thiophene rings is 1. The van der Waals surface area contributed by atoms with Crippen LogP contribution in [0.25, 0.3) is 0 Å². The molecular weight excluding hydrogens is 268 g/mol. The van der Waals surface area contributed by atoms with Gasteiger partial charge in [0.15, 0.2) is 0 Å². The number of rotatable bonds is 5. The molecule has 0 aromatic carbocycles. The quantitative estimate of drug-likeness (QED) is 0.602. The average molecular weight is 284 g/mol. The summed E-state index contributed by atoms with van der Waals surface area (Å²) in [5, 5.41) is 3.59. The predicted octanol–water partition coefficient (Wildman–Crippen LogP) is -0.0235. The summed E-state index contributed by atoms with van der Waals surface area (Å²) in [6.45, 7) is 2.06. The van der Waals surface area contributed by atoms with Gasteiger partial charge in [-0.25, -0.2) is 0 Å². The molecule has 2 heterocycles. The van der Waals surface area contributed by atoms with Crippen LogP contribution in [0.4, 0.5) is 10.7 Å². The first-order chi connectivity index (χ1) is 9.00. The third-order valence-corrected chi connectivity index (χ3v) is 4.17. The second-order valence-electron chi connectivity index (χ2n) is 4.39. The zero-order chi connectivity index (χ0) is 14.0. The van der Waals surface area contributed by atoms with Crippen LogP contribution in [0.5, 0.6) is 0 Å². The fraction of sp³-hybridized carbons (Fsp3) is 0.455. The van der Waals surface area contributed by atoms with Crippen molar-refractivity contribution in [2.24, 2.45) is 17.4 Å². The van der Waals surface area contributed by atoms with Crippen LogP contribution in [0.15, 0.2) is 0 Å². The number of nitrogens with one attached hydrogen (secondary N) is 1. The summed E-state index contributed by atoms with van der Waals surface area (Å²) in [4.78, 5) is 22.8. The Kier molecular flexibility index (Phi) is 3.91. The van der Waals surface area contributed by atoms with Crippen molar-refractivity contribution in [2.45, 2.75) is 6.42 Å². The Labute approximate surface area is 114 Å². The first-order valence-electron chi connectivity index (χ1n) is 5.84. The highest BCUT2D eigenvalue weighted by molar-refractivity contribution is 7.19. The van der Waals surface area contributed by atoms with Gasteiger partial charge < -0.3 is 27.3 Å². The average Bonchev–Trinajstić information content (AvgIpc) is 2.93. The molecule has 0 saturated carbocycles. The van der Waals surface area contributed by atoms with Crippen LogP contribution in [0.2, 0.25) is 0 Å². The second-order valence-corrected chi connectivity index (χ2v) is 5.41. The molecule has 19 heavy (non-hydrogen) atoms. The van der Waals surface area contributed by atoms with Crippen LogP contribution in [0.1, 0.15) is 26.5 Å². The van der Waals surface area contributed by atoms with Gasteiger partial charge in [0.25, 0.3) is 11.8 Å². The molecular formula is C11H16N4O3S. The van der Waals surface area contributed by atoms with Gasteiger partial charge in [0.1, 0.15) is 9.88 Å². The normalized spacial score (nSPS) is 18.4. The van der Waals surface area contributed by atoms with E-state index in [4.69, 9.17) is 21.9 Å². The number of nitrogens with two attached hydrogens (primary N) is 3. The molecule has 8 heteroatoms. The third-order valence-electron chi connectivity index (χ3n) is 2.99. The standard InChI is InChI=1S/C11H16N4O3S/c12-7-6(9(13)16)11(19-8(7)10(14)17)15-3-5-1-2-18-4-5/h5,15H,1-4,12H2,(H2,13,16)(H2,14,17). The number of primary amides is 2. The predicted molar refractivity (Wildman–Crippen MR) is 73.2 cm³/mol. The molecule has 104 valence electrons. The molecule has 1 aromatic heterocycles. The minimum Gasteiger partial charge on any atom is -0.397 e. The molecule has 7 nitrogen and oxygen atoms in total. The molecule has 1 atom stereocenters. The van der Waals surface area contributed by atoms with Gasteiger partial charge >= 0.3 is 0 Å². The first-order valence-corrected chi connectivity index (χ1v) is 6.65. The molecule has 0 bridgehead atoms. The lowest BCUT2D eigenvalue weighted by atomic mass is 10.1. The summed E-state index contributed by atoms with van der Waals surface area (Å²) in [5.41, 5.74) is 16.4. The minimum absolute atomic E-state index is 0.0511. The van der Waals surface area contributed by atoms with Gasteiger partial charge in [-0.15, -0.1) is 11.3 Å². The van der Waals surface area contributed by atoms with Gasteiger partial charge in [-0.3, -0.25) is 9.59 Å². The van der Waals surface area contributed by atoms with Crippen molar-refractivity contribution in [3.05, 3.63) is 10.4 Å². The highest BCUT2D eigenvalue weighted by atomic mass is 32.1. The van der Waals surface area contributed by atoms with Crippen molar-refractivity contribution in [2.75, 3.05) is 30.8 Å². The van der Waals surface area contributed by atoms with Crippen molar-refractivity contribution in [3.63, 3.8) is 0 Å². The van der Waals surface area contributed by atoms with Crippen LogP contribution in [-0.2, 0) is 4.74 Å². The molecule has 0 spiro atoms. The molecule has 0 radical (unpaired) electrons. The van der Waals surface area contributed by atoms with E-state index in [1.54, 1.807) is 0 Å². The van der Waals surface area contributed by atoms with E-state index in [1.165, 1.54) is 0 Å². The summed E-state index contributed by atoms with van der Waals surface area (Å²) in [5.74, 6) is -0.963. The van der Waals surface area contributed by atoms with E-state index in [0.29, 0.717) is 24.1 Å². The molecule has 1 aromatic rings. The monoisotopic (exact) mass is 284 g/mol. The topological polar surface area (TPSA) is 133 Å². The molecule has 1 unspecified atom stereocenters. The maximum atomic E-state index is 11.4. The number of carbonyl (C=O) groups is 2. The molecule has 0 aliphatic carbocycles. The van der Waals surface area contributed by atoms with Crippen LogP contribution < -0.4 is 22.5 Å². The highest BCUT2D eigenvalue weighted by Gasteiger charge is 2.24. The van der Waals surface area contributed by atoms with E-state index in [2.05, 4.69) is 5.32 Å². The fourth-order valence-electron chi connectivity index (χ4n) is 1.98. The summed E-state index contributed by atoms with van der Waals surface area (Å²) >= 11 is 1.05. The number of amides is 2. The Morgan fingerprint density at radius 2 is 2.11 bits per heavy atom. The Bertz CT molecular complexity index is 508. The van der Waals surface area contributed by atoms with Crippen LogP contribution in [-0.4, -0.2) is 31.6 Å². The Hall–Kier alpha value is -1.80. The van der Waals surface area contributed by atoms with Crippen molar-refractivity contribution in [1.82, 2.24) is 0 Å². The van der Waals surface area contributed by atoms with Gasteiger partial charge in [0, 0.05) is 19.1 Å². The number of hydrogen-bond acceptors (Lipinski definition) is 6. The Morgan fingerprint density at radius 1 is 1.37 bits per heavy atom. The summed E-state index contributed by atoms with van der Waals surface area (Å²) in [6, 6.07) is 0. The van der Waals surface area contributed by atoms with E-state index in [9.17, 15) is 9.59 Å². The maximum absolute atomic E-state index is 11.4. The summed E-state index contributed by atoms with van der Waals surface area (Å²) in [6.07, 6.45) is 0.961. The van der Waals surface area contributed by atoms with E-state index < -0.39 is 11.8 Å². The van der Waals surface area contributed by atoms with Crippen molar-refractivity contribution in [3.8, 4) is 0 Å². The van der Waals surface area contributed by atoms with Gasteiger partial charge in [-0.1, -0.05) is 0 Å². The number of nitrogen functional groups attached to an aromatic ring is 1. The van der Waals surface area contributed by atoms with Crippen molar-refractivity contribution < 1.29 is 14.3 Å². The van der Waals surface area contributed by atoms with E-state index >= 15 is 0 Å². The molecule has 1 aliphatic heterocycles. The minimum atomic E-state index is -0.675. The zero-order valence-corrected chi connectivity index (χ0v) is 11.1. The highest BCUT2D eigenvalue weighted by Crippen LogP contribution is 2.35. The molecule has 1 aliphatic rings. The molecule has 1 fully saturated rings. The maximum Gasteiger partial charge on any atom is 0.260 e. The number of anilines is 2. The SMILES string of the molecule is NC(=O)c1sc(NCC2CCOC2)c(C(N)=O)c1N. The number of ether oxygens (including phenoxy) is 1. The Morgan fingerprint density at radius 3 is 2.63 bits per heavy atom. The zero-order valence-electron chi connectivity index (χ0n) is 10.3. The van der Waals surface area contributed by atoms with Gasteiger partial charge in [0.05, 0.1) is 17.9 Å².